The third kappa shape index (κ3) is 3.93. The summed E-state index contributed by atoms with van der Waals surface area (Å²) in [6, 6.07) is 27.5. The van der Waals surface area contributed by atoms with E-state index in [4.69, 9.17) is 12.2 Å². The molecule has 5 heteroatoms. The van der Waals surface area contributed by atoms with Gasteiger partial charge in [-0.2, -0.15) is 0 Å². The van der Waals surface area contributed by atoms with Gasteiger partial charge in [-0.1, -0.05) is 54.6 Å². The number of rotatable bonds is 5. The molecule has 0 amide bonds. The number of benzene rings is 2. The van der Waals surface area contributed by atoms with Gasteiger partial charge in [0.05, 0.1) is 17.8 Å². The summed E-state index contributed by atoms with van der Waals surface area (Å²) in [6.45, 7) is 7.31. The molecule has 0 radical (unpaired) electrons. The summed E-state index contributed by atoms with van der Waals surface area (Å²) in [6.07, 6.45) is 1.85. The lowest BCUT2D eigenvalue weighted by atomic mass is 9.96. The zero-order valence-electron chi connectivity index (χ0n) is 19.2. The molecule has 0 spiro atoms. The second kappa shape index (κ2) is 8.83. The first-order valence-corrected chi connectivity index (χ1v) is 11.7. The molecule has 1 fully saturated rings. The number of hydrogen-bond donors (Lipinski definition) is 1. The minimum Gasteiger partial charge on any atom is -0.352 e. The number of thiocarbonyl (C=S) groups is 1. The van der Waals surface area contributed by atoms with E-state index in [1.54, 1.807) is 0 Å². The van der Waals surface area contributed by atoms with Crippen LogP contribution in [0.5, 0.6) is 0 Å². The van der Waals surface area contributed by atoms with Crippen LogP contribution in [0.3, 0.4) is 0 Å². The van der Waals surface area contributed by atoms with Crippen molar-refractivity contribution in [2.75, 3.05) is 0 Å². The van der Waals surface area contributed by atoms with Crippen LogP contribution in [0.2, 0.25) is 0 Å². The second-order valence-electron chi connectivity index (χ2n) is 8.69. The molecule has 2 atom stereocenters. The quantitative estimate of drug-likeness (QED) is 0.378. The van der Waals surface area contributed by atoms with Gasteiger partial charge in [-0.15, -0.1) is 0 Å². The molecule has 4 aromatic rings. The van der Waals surface area contributed by atoms with Crippen molar-refractivity contribution in [3.8, 4) is 5.69 Å². The van der Waals surface area contributed by atoms with Gasteiger partial charge in [0.15, 0.2) is 5.11 Å². The van der Waals surface area contributed by atoms with Crippen LogP contribution < -0.4 is 5.32 Å². The SMILES string of the molecule is Cc1ccccc1-n1c(C)cc([C@@H]2[C@H](c3ccccn3)NC(=S)N2Cc2ccccc2)c1C. The van der Waals surface area contributed by atoms with E-state index in [1.165, 1.54) is 33.8 Å². The molecule has 1 saturated heterocycles. The number of aryl methyl sites for hydroxylation is 2. The summed E-state index contributed by atoms with van der Waals surface area (Å²) >= 11 is 5.87. The highest BCUT2D eigenvalue weighted by Gasteiger charge is 2.41. The Kier molecular flexibility index (Phi) is 5.73. The summed E-state index contributed by atoms with van der Waals surface area (Å²) < 4.78 is 2.36. The van der Waals surface area contributed by atoms with E-state index in [1.807, 2.05) is 24.4 Å². The van der Waals surface area contributed by atoms with Crippen LogP contribution in [0.1, 0.15) is 45.9 Å². The first kappa shape index (κ1) is 21.4. The first-order chi connectivity index (χ1) is 16.0. The lowest BCUT2D eigenvalue weighted by molar-refractivity contribution is 0.310. The van der Waals surface area contributed by atoms with Crippen LogP contribution >= 0.6 is 12.2 Å². The van der Waals surface area contributed by atoms with Gasteiger partial charge in [0.25, 0.3) is 0 Å². The van der Waals surface area contributed by atoms with Crippen molar-refractivity contribution in [2.24, 2.45) is 0 Å². The average molecular weight is 453 g/mol. The summed E-state index contributed by atoms with van der Waals surface area (Å²) in [5.74, 6) is 0. The van der Waals surface area contributed by atoms with Crippen LogP contribution in [0, 0.1) is 20.8 Å². The maximum absolute atomic E-state index is 5.87. The summed E-state index contributed by atoms with van der Waals surface area (Å²) in [5.41, 5.74) is 8.44. The lowest BCUT2D eigenvalue weighted by Gasteiger charge is -2.28. The van der Waals surface area contributed by atoms with Crippen molar-refractivity contribution in [1.82, 2.24) is 19.8 Å². The monoisotopic (exact) mass is 452 g/mol. The van der Waals surface area contributed by atoms with Gasteiger partial charge >= 0.3 is 0 Å². The fourth-order valence-corrected chi connectivity index (χ4v) is 5.27. The van der Waals surface area contributed by atoms with E-state index in [2.05, 4.69) is 101 Å². The smallest absolute Gasteiger partial charge is 0.170 e. The second-order valence-corrected chi connectivity index (χ2v) is 9.08. The van der Waals surface area contributed by atoms with E-state index < -0.39 is 0 Å². The number of para-hydroxylation sites is 1. The molecule has 5 rings (SSSR count). The molecule has 0 aliphatic carbocycles. The maximum atomic E-state index is 5.87. The highest BCUT2D eigenvalue weighted by atomic mass is 32.1. The van der Waals surface area contributed by atoms with Crippen LogP contribution in [0.15, 0.2) is 85.1 Å². The number of pyridine rings is 1. The zero-order chi connectivity index (χ0) is 22.9. The highest BCUT2D eigenvalue weighted by molar-refractivity contribution is 7.80. The molecule has 0 bridgehead atoms. The third-order valence-electron chi connectivity index (χ3n) is 6.54. The predicted octanol–water partition coefficient (Wildman–Crippen LogP) is 5.97. The van der Waals surface area contributed by atoms with E-state index in [0.717, 1.165) is 17.4 Å². The van der Waals surface area contributed by atoms with Crippen LogP contribution in [-0.4, -0.2) is 19.6 Å². The molecule has 166 valence electrons. The Morgan fingerprint density at radius 1 is 0.909 bits per heavy atom. The molecule has 4 nitrogen and oxygen atoms in total. The Balaban J connectivity index is 1.63. The van der Waals surface area contributed by atoms with Crippen molar-refractivity contribution in [3.05, 3.63) is 119 Å². The minimum atomic E-state index is -0.0202. The van der Waals surface area contributed by atoms with Crippen LogP contribution in [0.4, 0.5) is 0 Å². The largest absolute Gasteiger partial charge is 0.352 e. The van der Waals surface area contributed by atoms with Gasteiger partial charge in [-0.25, -0.2) is 0 Å². The van der Waals surface area contributed by atoms with Crippen LogP contribution in [-0.2, 0) is 6.54 Å². The Labute approximate surface area is 200 Å². The number of aromatic nitrogens is 2. The van der Waals surface area contributed by atoms with Crippen molar-refractivity contribution >= 4 is 17.3 Å². The number of nitrogens with zero attached hydrogens (tertiary/aromatic N) is 3. The van der Waals surface area contributed by atoms with Gasteiger partial charge in [-0.05, 0) is 73.9 Å². The molecular formula is C28H28N4S. The number of nitrogens with one attached hydrogen (secondary N) is 1. The predicted molar refractivity (Wildman–Crippen MR) is 137 cm³/mol. The molecule has 33 heavy (non-hydrogen) atoms. The first-order valence-electron chi connectivity index (χ1n) is 11.3. The van der Waals surface area contributed by atoms with E-state index in [0.29, 0.717) is 0 Å². The molecule has 1 aliphatic heterocycles. The van der Waals surface area contributed by atoms with Crippen molar-refractivity contribution in [1.29, 1.82) is 0 Å². The molecule has 2 aromatic heterocycles. The summed E-state index contributed by atoms with van der Waals surface area (Å²) in [4.78, 5) is 7.00. The Hall–Kier alpha value is -3.44. The van der Waals surface area contributed by atoms with Gasteiger partial charge in [0.1, 0.15) is 0 Å². The van der Waals surface area contributed by atoms with E-state index >= 15 is 0 Å². The summed E-state index contributed by atoms with van der Waals surface area (Å²) in [5, 5.41) is 4.35. The van der Waals surface area contributed by atoms with E-state index in [-0.39, 0.29) is 12.1 Å². The molecule has 3 heterocycles. The average Bonchev–Trinajstić information content (AvgIpc) is 3.30. The summed E-state index contributed by atoms with van der Waals surface area (Å²) in [7, 11) is 0. The molecule has 1 aliphatic rings. The van der Waals surface area contributed by atoms with Crippen molar-refractivity contribution in [2.45, 2.75) is 39.4 Å². The fourth-order valence-electron chi connectivity index (χ4n) is 4.97. The van der Waals surface area contributed by atoms with E-state index in [9.17, 15) is 0 Å². The zero-order valence-corrected chi connectivity index (χ0v) is 20.0. The number of hydrogen-bond acceptors (Lipinski definition) is 2. The lowest BCUT2D eigenvalue weighted by Crippen LogP contribution is -2.29. The molecule has 2 aromatic carbocycles. The molecule has 0 unspecified atom stereocenters. The molecule has 1 N–H and O–H groups in total. The Morgan fingerprint density at radius 3 is 2.36 bits per heavy atom. The van der Waals surface area contributed by atoms with Gasteiger partial charge in [-0.3, -0.25) is 4.98 Å². The van der Waals surface area contributed by atoms with Gasteiger partial charge in [0.2, 0.25) is 0 Å². The normalized spacial score (nSPS) is 17.9. The van der Waals surface area contributed by atoms with Gasteiger partial charge < -0.3 is 14.8 Å². The topological polar surface area (TPSA) is 33.1 Å². The standard InChI is InChI=1S/C28H28N4S/c1-19-11-7-8-15-25(19)32-20(2)17-23(21(32)3)27-26(24-14-9-10-16-29-24)30-28(33)31(27)18-22-12-5-4-6-13-22/h4-17,26-27H,18H2,1-3H3,(H,30,33)/t26-,27+/m0/s1. The molecular weight excluding hydrogens is 424 g/mol. The fraction of sp³-hybridized carbons (Fsp3) is 0.214. The van der Waals surface area contributed by atoms with Crippen LogP contribution in [0.25, 0.3) is 5.69 Å². The van der Waals surface area contributed by atoms with Crippen molar-refractivity contribution < 1.29 is 0 Å². The highest BCUT2D eigenvalue weighted by Crippen LogP contribution is 2.42. The third-order valence-corrected chi connectivity index (χ3v) is 6.89. The Morgan fingerprint density at radius 2 is 1.64 bits per heavy atom. The van der Waals surface area contributed by atoms with Crippen molar-refractivity contribution in [3.63, 3.8) is 0 Å². The Bertz CT molecular complexity index is 1280. The van der Waals surface area contributed by atoms with Gasteiger partial charge in [0, 0.05) is 29.8 Å². The maximum Gasteiger partial charge on any atom is 0.170 e. The minimum absolute atomic E-state index is 0.0202. The molecule has 0 saturated carbocycles.